The number of thioether (sulfide) groups is 1. The molecule has 1 saturated heterocycles. The maximum absolute atomic E-state index is 9.16. The topological polar surface area (TPSA) is 41.6 Å². The number of halogens is 1. The van der Waals surface area contributed by atoms with Crippen LogP contribution in [0.25, 0.3) is 11.0 Å². The van der Waals surface area contributed by atoms with Gasteiger partial charge in [0.2, 0.25) is 0 Å². The number of aromatic nitrogens is 2. The summed E-state index contributed by atoms with van der Waals surface area (Å²) in [6.07, 6.45) is 2.55. The van der Waals surface area contributed by atoms with Gasteiger partial charge in [0, 0.05) is 11.8 Å². The molecule has 1 aromatic heterocycles. The Hall–Kier alpha value is -1.18. The van der Waals surface area contributed by atoms with Crippen molar-refractivity contribution in [3.8, 4) is 6.07 Å². The van der Waals surface area contributed by atoms with E-state index in [4.69, 9.17) is 16.9 Å². The van der Waals surface area contributed by atoms with Crippen molar-refractivity contribution in [1.82, 2.24) is 9.55 Å². The van der Waals surface area contributed by atoms with Crippen LogP contribution in [0.15, 0.2) is 18.2 Å². The average Bonchev–Trinajstić information content (AvgIpc) is 3.07. The van der Waals surface area contributed by atoms with Gasteiger partial charge in [0.1, 0.15) is 17.4 Å². The zero-order valence-electron chi connectivity index (χ0n) is 10.5. The summed E-state index contributed by atoms with van der Waals surface area (Å²) in [4.78, 5) is 4.54. The van der Waals surface area contributed by atoms with E-state index in [1.807, 2.05) is 30.0 Å². The van der Waals surface area contributed by atoms with E-state index in [1.165, 1.54) is 18.6 Å². The van der Waals surface area contributed by atoms with Gasteiger partial charge < -0.3 is 4.57 Å². The molecule has 0 bridgehead atoms. The quantitative estimate of drug-likeness (QED) is 0.812. The molecule has 19 heavy (non-hydrogen) atoms. The standard InChI is InChI=1S/C14H14ClN3S/c15-7-13-17-14-10(8-16)3-1-5-12(14)18(13)9-11-4-2-6-19-11/h1,3,5,11H,2,4,6-7,9H2. The fourth-order valence-corrected chi connectivity index (χ4v) is 4.04. The van der Waals surface area contributed by atoms with Crippen molar-refractivity contribution >= 4 is 34.4 Å². The second-order valence-corrected chi connectivity index (χ2v) is 6.37. The van der Waals surface area contributed by atoms with E-state index in [1.54, 1.807) is 0 Å². The molecule has 0 N–H and O–H groups in total. The number of hydrogen-bond acceptors (Lipinski definition) is 3. The third-order valence-corrected chi connectivity index (χ3v) is 5.13. The molecule has 1 aliphatic heterocycles. The lowest BCUT2D eigenvalue weighted by atomic mass is 10.2. The molecule has 0 saturated carbocycles. The molecule has 0 radical (unpaired) electrons. The van der Waals surface area contributed by atoms with Crippen LogP contribution in [0.3, 0.4) is 0 Å². The van der Waals surface area contributed by atoms with Crippen molar-refractivity contribution < 1.29 is 0 Å². The van der Waals surface area contributed by atoms with Crippen LogP contribution in [0.2, 0.25) is 0 Å². The van der Waals surface area contributed by atoms with Gasteiger partial charge in [-0.3, -0.25) is 0 Å². The van der Waals surface area contributed by atoms with Gasteiger partial charge in [-0.2, -0.15) is 17.0 Å². The summed E-state index contributed by atoms with van der Waals surface area (Å²) in [5, 5.41) is 9.80. The molecule has 0 aliphatic carbocycles. The Balaban J connectivity index is 2.08. The number of nitriles is 1. The fraction of sp³-hybridized carbons (Fsp3) is 0.429. The monoisotopic (exact) mass is 291 g/mol. The van der Waals surface area contributed by atoms with E-state index in [9.17, 15) is 0 Å². The summed E-state index contributed by atoms with van der Waals surface area (Å²) in [5.41, 5.74) is 2.44. The van der Waals surface area contributed by atoms with Gasteiger partial charge in [-0.1, -0.05) is 6.07 Å². The number of fused-ring (bicyclic) bond motifs is 1. The van der Waals surface area contributed by atoms with E-state index < -0.39 is 0 Å². The van der Waals surface area contributed by atoms with E-state index in [2.05, 4.69) is 15.6 Å². The predicted octanol–water partition coefficient (Wildman–Crippen LogP) is 3.54. The molecule has 0 amide bonds. The molecule has 2 heterocycles. The van der Waals surface area contributed by atoms with Crippen molar-refractivity contribution in [1.29, 1.82) is 5.26 Å². The Morgan fingerprint density at radius 2 is 2.42 bits per heavy atom. The van der Waals surface area contributed by atoms with E-state index in [-0.39, 0.29) is 0 Å². The van der Waals surface area contributed by atoms with Crippen LogP contribution in [-0.2, 0) is 12.4 Å². The van der Waals surface area contributed by atoms with Crippen molar-refractivity contribution in [2.45, 2.75) is 30.5 Å². The summed E-state index contributed by atoms with van der Waals surface area (Å²) < 4.78 is 2.19. The third-order valence-electron chi connectivity index (χ3n) is 3.51. The Morgan fingerprint density at radius 1 is 1.53 bits per heavy atom. The molecular formula is C14H14ClN3S. The maximum atomic E-state index is 9.16. The van der Waals surface area contributed by atoms with Gasteiger partial charge in [0.05, 0.1) is 17.0 Å². The number of para-hydroxylation sites is 1. The number of imidazole rings is 1. The average molecular weight is 292 g/mol. The lowest BCUT2D eigenvalue weighted by Gasteiger charge is -2.12. The Morgan fingerprint density at radius 3 is 3.11 bits per heavy atom. The molecule has 98 valence electrons. The highest BCUT2D eigenvalue weighted by Crippen LogP contribution is 2.30. The Bertz CT molecular complexity index is 638. The van der Waals surface area contributed by atoms with Gasteiger partial charge in [0.15, 0.2) is 0 Å². The van der Waals surface area contributed by atoms with Crippen LogP contribution >= 0.6 is 23.4 Å². The molecule has 5 heteroatoms. The maximum Gasteiger partial charge on any atom is 0.124 e. The van der Waals surface area contributed by atoms with Gasteiger partial charge >= 0.3 is 0 Å². The number of rotatable bonds is 3. The van der Waals surface area contributed by atoms with Gasteiger partial charge in [0.25, 0.3) is 0 Å². The van der Waals surface area contributed by atoms with Crippen LogP contribution in [-0.4, -0.2) is 20.6 Å². The summed E-state index contributed by atoms with van der Waals surface area (Å²) in [6.45, 7) is 0.943. The first-order chi connectivity index (χ1) is 9.33. The summed E-state index contributed by atoms with van der Waals surface area (Å²) in [7, 11) is 0. The molecule has 1 aromatic carbocycles. The highest BCUT2D eigenvalue weighted by Gasteiger charge is 2.20. The van der Waals surface area contributed by atoms with Gasteiger partial charge in [-0.05, 0) is 30.7 Å². The van der Waals surface area contributed by atoms with Crippen molar-refractivity contribution in [3.05, 3.63) is 29.6 Å². The molecule has 1 fully saturated rings. The van der Waals surface area contributed by atoms with Crippen LogP contribution in [0.1, 0.15) is 24.2 Å². The Labute approximate surface area is 121 Å². The zero-order chi connectivity index (χ0) is 13.2. The minimum absolute atomic E-state index is 0.386. The summed E-state index contributed by atoms with van der Waals surface area (Å²) in [6, 6.07) is 7.95. The van der Waals surface area contributed by atoms with Gasteiger partial charge in [-0.15, -0.1) is 11.6 Å². The van der Waals surface area contributed by atoms with E-state index >= 15 is 0 Å². The lowest BCUT2D eigenvalue weighted by molar-refractivity contribution is 0.634. The van der Waals surface area contributed by atoms with E-state index in [0.717, 1.165) is 23.4 Å². The number of nitrogens with zero attached hydrogens (tertiary/aromatic N) is 3. The normalized spacial score (nSPS) is 18.8. The smallest absolute Gasteiger partial charge is 0.124 e. The second kappa shape index (κ2) is 5.44. The molecular weight excluding hydrogens is 278 g/mol. The zero-order valence-corrected chi connectivity index (χ0v) is 12.0. The predicted molar refractivity (Wildman–Crippen MR) is 79.5 cm³/mol. The van der Waals surface area contributed by atoms with Crippen molar-refractivity contribution in [3.63, 3.8) is 0 Å². The minimum atomic E-state index is 0.386. The number of hydrogen-bond donors (Lipinski definition) is 0. The first-order valence-electron chi connectivity index (χ1n) is 6.39. The molecule has 3 rings (SSSR count). The first-order valence-corrected chi connectivity index (χ1v) is 7.97. The van der Waals surface area contributed by atoms with E-state index in [0.29, 0.717) is 16.7 Å². The highest BCUT2D eigenvalue weighted by molar-refractivity contribution is 8.00. The molecule has 3 nitrogen and oxygen atoms in total. The van der Waals surface area contributed by atoms with Crippen molar-refractivity contribution in [2.24, 2.45) is 0 Å². The number of alkyl halides is 1. The molecule has 1 aliphatic rings. The third kappa shape index (κ3) is 2.33. The molecule has 1 atom stereocenters. The van der Waals surface area contributed by atoms with Crippen LogP contribution in [0.4, 0.5) is 0 Å². The van der Waals surface area contributed by atoms with Crippen LogP contribution in [0.5, 0.6) is 0 Å². The second-order valence-electron chi connectivity index (χ2n) is 4.69. The Kier molecular flexibility index (Phi) is 3.67. The number of benzene rings is 1. The largest absolute Gasteiger partial charge is 0.326 e. The molecule has 1 unspecified atom stereocenters. The summed E-state index contributed by atoms with van der Waals surface area (Å²) >= 11 is 8.03. The molecule has 0 spiro atoms. The molecule has 2 aromatic rings. The lowest BCUT2D eigenvalue weighted by Crippen LogP contribution is -2.12. The summed E-state index contributed by atoms with van der Waals surface area (Å²) in [5.74, 6) is 2.50. The van der Waals surface area contributed by atoms with Gasteiger partial charge in [-0.25, -0.2) is 4.98 Å². The fourth-order valence-electron chi connectivity index (χ4n) is 2.58. The van der Waals surface area contributed by atoms with Crippen LogP contribution in [0, 0.1) is 11.3 Å². The highest BCUT2D eigenvalue weighted by atomic mass is 35.5. The SMILES string of the molecule is N#Cc1cccc2c1nc(CCl)n2CC1CCCS1. The van der Waals surface area contributed by atoms with Crippen LogP contribution < -0.4 is 0 Å². The first kappa shape index (κ1) is 12.8. The van der Waals surface area contributed by atoms with Crippen molar-refractivity contribution in [2.75, 3.05) is 5.75 Å². The minimum Gasteiger partial charge on any atom is -0.326 e.